The van der Waals surface area contributed by atoms with Gasteiger partial charge in [0.2, 0.25) is 0 Å². The first-order valence-corrected chi connectivity index (χ1v) is 10.7. The molecule has 0 bridgehead atoms. The van der Waals surface area contributed by atoms with Gasteiger partial charge in [-0.1, -0.05) is 42.5 Å². The average Bonchev–Trinajstić information content (AvgIpc) is 3.20. The van der Waals surface area contributed by atoms with Crippen molar-refractivity contribution in [3.8, 4) is 11.1 Å². The fraction of sp³-hybridized carbons (Fsp3) is 0.200. The molecular weight excluding hydrogens is 402 g/mol. The summed E-state index contributed by atoms with van der Waals surface area (Å²) in [5.41, 5.74) is 11.6. The first-order valence-electron chi connectivity index (χ1n) is 10.7. The molecule has 32 heavy (non-hydrogen) atoms. The number of nitrogens with zero attached hydrogens (tertiary/aromatic N) is 3. The molecule has 1 aliphatic rings. The van der Waals surface area contributed by atoms with Gasteiger partial charge in [0.1, 0.15) is 11.9 Å². The Morgan fingerprint density at radius 3 is 2.75 bits per heavy atom. The molecule has 2 amide bonds. The molecule has 0 radical (unpaired) electrons. The molecule has 5 rings (SSSR count). The van der Waals surface area contributed by atoms with Crippen molar-refractivity contribution >= 4 is 23.1 Å². The molecule has 1 aliphatic heterocycles. The van der Waals surface area contributed by atoms with Crippen molar-refractivity contribution in [3.63, 3.8) is 0 Å². The number of carbonyl (C=O) groups excluding carboxylic acids is 1. The molecule has 7 nitrogen and oxygen atoms in total. The summed E-state index contributed by atoms with van der Waals surface area (Å²) >= 11 is 0. The summed E-state index contributed by atoms with van der Waals surface area (Å²) in [5.74, 6) is 0.485. The highest BCUT2D eigenvalue weighted by molar-refractivity contribution is 5.91. The van der Waals surface area contributed by atoms with Gasteiger partial charge < -0.3 is 20.7 Å². The van der Waals surface area contributed by atoms with Crippen molar-refractivity contribution in [2.75, 3.05) is 30.7 Å². The van der Waals surface area contributed by atoms with Gasteiger partial charge in [-0.2, -0.15) is 5.10 Å². The predicted octanol–water partition coefficient (Wildman–Crippen LogP) is 4.50. The monoisotopic (exact) mass is 427 g/mol. The highest BCUT2D eigenvalue weighted by atomic mass is 16.5. The summed E-state index contributed by atoms with van der Waals surface area (Å²) in [5, 5.41) is 7.32. The second-order valence-corrected chi connectivity index (χ2v) is 8.03. The van der Waals surface area contributed by atoms with E-state index in [0.717, 1.165) is 33.5 Å². The maximum atomic E-state index is 13.1. The number of carbonyl (C=O) groups is 1. The second-order valence-electron chi connectivity index (χ2n) is 8.03. The fourth-order valence-corrected chi connectivity index (χ4v) is 4.03. The molecule has 2 aromatic heterocycles. The van der Waals surface area contributed by atoms with Gasteiger partial charge in [0, 0.05) is 24.5 Å². The molecule has 1 saturated heterocycles. The van der Waals surface area contributed by atoms with Crippen LogP contribution in [-0.2, 0) is 4.74 Å². The first kappa shape index (κ1) is 20.1. The largest absolute Gasteiger partial charge is 0.382 e. The van der Waals surface area contributed by atoms with Crippen molar-refractivity contribution < 1.29 is 9.53 Å². The molecule has 0 aliphatic carbocycles. The van der Waals surface area contributed by atoms with Gasteiger partial charge >= 0.3 is 6.03 Å². The van der Waals surface area contributed by atoms with Gasteiger partial charge in [0.25, 0.3) is 0 Å². The number of aryl methyl sites for hydroxylation is 1. The molecule has 7 heteroatoms. The van der Waals surface area contributed by atoms with Gasteiger partial charge in [-0.25, -0.2) is 9.31 Å². The number of hydrogen-bond acceptors (Lipinski definition) is 4. The van der Waals surface area contributed by atoms with E-state index >= 15 is 0 Å². The molecule has 0 spiro atoms. The number of urea groups is 1. The molecule has 1 fully saturated rings. The van der Waals surface area contributed by atoms with Crippen LogP contribution in [0.5, 0.6) is 0 Å². The number of anilines is 2. The highest BCUT2D eigenvalue weighted by Gasteiger charge is 2.25. The van der Waals surface area contributed by atoms with E-state index in [-0.39, 0.29) is 12.1 Å². The van der Waals surface area contributed by atoms with Gasteiger partial charge in [-0.05, 0) is 47.4 Å². The van der Waals surface area contributed by atoms with E-state index < -0.39 is 0 Å². The number of nitrogens with one attached hydrogen (secondary N) is 1. The van der Waals surface area contributed by atoms with Crippen LogP contribution in [0.2, 0.25) is 0 Å². The normalized spacial score (nSPS) is 16.3. The van der Waals surface area contributed by atoms with Gasteiger partial charge in [0.15, 0.2) is 0 Å². The third-order valence-corrected chi connectivity index (χ3v) is 5.82. The van der Waals surface area contributed by atoms with Crippen LogP contribution in [0, 0.1) is 6.92 Å². The van der Waals surface area contributed by atoms with Crippen LogP contribution >= 0.6 is 0 Å². The minimum Gasteiger partial charge on any atom is -0.382 e. The lowest BCUT2D eigenvalue weighted by atomic mass is 10.0. The number of amides is 2. The Labute approximate surface area is 186 Å². The summed E-state index contributed by atoms with van der Waals surface area (Å²) in [6.07, 6.45) is 1.77. The Kier molecular flexibility index (Phi) is 5.25. The number of pyridine rings is 1. The number of nitrogens with two attached hydrogens (primary N) is 1. The number of rotatable bonds is 3. The highest BCUT2D eigenvalue weighted by Crippen LogP contribution is 2.28. The topological polar surface area (TPSA) is 84.9 Å². The number of morpholine rings is 1. The maximum absolute atomic E-state index is 13.1. The summed E-state index contributed by atoms with van der Waals surface area (Å²) in [6.45, 7) is 3.59. The Morgan fingerprint density at radius 2 is 1.91 bits per heavy atom. The number of hydrogen-bond donors (Lipinski definition) is 2. The molecule has 4 aromatic rings. The fourth-order valence-electron chi connectivity index (χ4n) is 4.03. The van der Waals surface area contributed by atoms with Gasteiger partial charge in [-0.15, -0.1) is 0 Å². The van der Waals surface area contributed by atoms with Crippen LogP contribution in [0.4, 0.5) is 16.3 Å². The predicted molar refractivity (Wildman–Crippen MR) is 126 cm³/mol. The number of ether oxygens (including phenoxy) is 1. The van der Waals surface area contributed by atoms with Crippen molar-refractivity contribution in [2.45, 2.75) is 13.0 Å². The summed E-state index contributed by atoms with van der Waals surface area (Å²) in [4.78, 5) is 14.9. The SMILES string of the molecule is Cc1ccc(-c2ccn3nc(N)cc3c2)cc1NC(=O)N1CCOC(c2ccccc2)C1. The number of fused-ring (bicyclic) bond motifs is 1. The zero-order valence-electron chi connectivity index (χ0n) is 17.9. The van der Waals surface area contributed by atoms with E-state index in [1.54, 1.807) is 4.52 Å². The van der Waals surface area contributed by atoms with Gasteiger partial charge in [0.05, 0.1) is 18.7 Å². The molecule has 162 valence electrons. The Morgan fingerprint density at radius 1 is 1.09 bits per heavy atom. The van der Waals surface area contributed by atoms with Crippen LogP contribution in [0.25, 0.3) is 16.6 Å². The van der Waals surface area contributed by atoms with E-state index in [9.17, 15) is 4.79 Å². The van der Waals surface area contributed by atoms with E-state index in [1.807, 2.05) is 78.7 Å². The zero-order valence-corrected chi connectivity index (χ0v) is 17.9. The average molecular weight is 428 g/mol. The third-order valence-electron chi connectivity index (χ3n) is 5.82. The van der Waals surface area contributed by atoms with Crippen LogP contribution in [0.15, 0.2) is 72.9 Å². The molecular formula is C25H25N5O2. The Hall–Kier alpha value is -3.84. The maximum Gasteiger partial charge on any atom is 0.322 e. The smallest absolute Gasteiger partial charge is 0.322 e. The second kappa shape index (κ2) is 8.36. The summed E-state index contributed by atoms with van der Waals surface area (Å²) in [6, 6.07) is 21.8. The molecule has 3 N–H and O–H groups in total. The lowest BCUT2D eigenvalue weighted by molar-refractivity contribution is -0.0135. The van der Waals surface area contributed by atoms with E-state index in [1.165, 1.54) is 0 Å². The molecule has 2 aromatic carbocycles. The van der Waals surface area contributed by atoms with Crippen molar-refractivity contribution in [1.29, 1.82) is 0 Å². The zero-order chi connectivity index (χ0) is 22.1. The van der Waals surface area contributed by atoms with Crippen LogP contribution in [0.1, 0.15) is 17.2 Å². The molecule has 1 atom stereocenters. The van der Waals surface area contributed by atoms with E-state index in [0.29, 0.717) is 25.5 Å². The number of aromatic nitrogens is 2. The van der Waals surface area contributed by atoms with Crippen molar-refractivity contribution in [3.05, 3.63) is 84.1 Å². The lowest BCUT2D eigenvalue weighted by Gasteiger charge is -2.33. The molecule has 0 saturated carbocycles. The third kappa shape index (κ3) is 4.02. The van der Waals surface area contributed by atoms with Crippen molar-refractivity contribution in [2.24, 2.45) is 0 Å². The number of nitrogen functional groups attached to an aromatic ring is 1. The molecule has 3 heterocycles. The van der Waals surface area contributed by atoms with E-state index in [4.69, 9.17) is 10.5 Å². The minimum absolute atomic E-state index is 0.113. The van der Waals surface area contributed by atoms with Crippen LogP contribution in [0.3, 0.4) is 0 Å². The summed E-state index contributed by atoms with van der Waals surface area (Å²) in [7, 11) is 0. The number of benzene rings is 2. The van der Waals surface area contributed by atoms with Gasteiger partial charge in [-0.3, -0.25) is 0 Å². The minimum atomic E-state index is -0.117. The standard InChI is InChI=1S/C25H25N5O2/c1-17-7-8-19(20-9-10-30-21(13-20)15-24(26)28-30)14-22(17)27-25(31)29-11-12-32-23(16-29)18-5-3-2-4-6-18/h2-10,13-15,23H,11-12,16H2,1H3,(H2,26,28)(H,27,31). The van der Waals surface area contributed by atoms with Crippen LogP contribution < -0.4 is 11.1 Å². The Balaban J connectivity index is 1.35. The van der Waals surface area contributed by atoms with Crippen molar-refractivity contribution in [1.82, 2.24) is 14.5 Å². The molecule has 1 unspecified atom stereocenters. The van der Waals surface area contributed by atoms with Crippen LogP contribution in [-0.4, -0.2) is 40.2 Å². The quantitative estimate of drug-likeness (QED) is 0.504. The lowest BCUT2D eigenvalue weighted by Crippen LogP contribution is -2.44. The van der Waals surface area contributed by atoms with E-state index in [2.05, 4.69) is 16.5 Å². The summed E-state index contributed by atoms with van der Waals surface area (Å²) < 4.78 is 7.64. The Bertz CT molecular complexity index is 1270. The first-order chi connectivity index (χ1) is 15.6.